The van der Waals surface area contributed by atoms with Gasteiger partial charge in [-0.3, -0.25) is 0 Å². The Kier molecular flexibility index (Phi) is 4.69. The molecule has 1 aromatic rings. The molecule has 0 fully saturated rings. The van der Waals surface area contributed by atoms with Gasteiger partial charge >= 0.3 is 12.3 Å². The maximum absolute atomic E-state index is 12.7. The largest absolute Gasteiger partial charge is 0.574 e. The molecule has 0 aromatic carbocycles. The van der Waals surface area contributed by atoms with Crippen LogP contribution in [0.3, 0.4) is 0 Å². The minimum atomic E-state index is -5.24. The van der Waals surface area contributed by atoms with Crippen molar-refractivity contribution in [3.63, 3.8) is 0 Å². The second-order valence-corrected chi connectivity index (χ2v) is 3.27. The molecule has 1 rings (SSSR count). The molecule has 112 valence electrons. The van der Waals surface area contributed by atoms with E-state index in [4.69, 9.17) is 0 Å². The van der Waals surface area contributed by atoms with Crippen LogP contribution in [0.25, 0.3) is 0 Å². The summed E-state index contributed by atoms with van der Waals surface area (Å²) in [4.78, 5) is 14.4. The van der Waals surface area contributed by atoms with Crippen molar-refractivity contribution >= 4 is 5.97 Å². The molecule has 0 amide bonds. The first kappa shape index (κ1) is 15.9. The van der Waals surface area contributed by atoms with Gasteiger partial charge in [-0.2, -0.15) is 0 Å². The van der Waals surface area contributed by atoms with Crippen LogP contribution in [-0.2, 0) is 4.74 Å². The van der Waals surface area contributed by atoms with E-state index >= 15 is 0 Å². The van der Waals surface area contributed by atoms with Crippen molar-refractivity contribution in [3.05, 3.63) is 17.3 Å². The zero-order valence-corrected chi connectivity index (χ0v) is 10.1. The maximum atomic E-state index is 12.7. The molecule has 10 heteroatoms. The fraction of sp³-hybridized carbons (Fsp3) is 0.400. The van der Waals surface area contributed by atoms with Crippen LogP contribution in [0.4, 0.5) is 22.0 Å². The number of pyridine rings is 1. The minimum Gasteiger partial charge on any atom is -0.494 e. The number of rotatable bonds is 4. The molecule has 0 radical (unpaired) electrons. The maximum Gasteiger partial charge on any atom is 0.574 e. The topological polar surface area (TPSA) is 57.7 Å². The standard InChI is InChI=1S/C10H8F5NO4/c1-18-5-3-4(7(11)12)8(20-10(13,14)15)16-6(5)9(17)19-2/h3,7H,1-2H3. The fourth-order valence-electron chi connectivity index (χ4n) is 1.24. The Morgan fingerprint density at radius 1 is 1.30 bits per heavy atom. The Morgan fingerprint density at radius 2 is 1.90 bits per heavy atom. The Labute approximate surface area is 109 Å². The van der Waals surface area contributed by atoms with Crippen LogP contribution >= 0.6 is 0 Å². The molecule has 0 saturated carbocycles. The first-order valence-corrected chi connectivity index (χ1v) is 4.90. The van der Waals surface area contributed by atoms with Gasteiger partial charge in [0.25, 0.3) is 6.43 Å². The van der Waals surface area contributed by atoms with E-state index in [1.54, 1.807) is 0 Å². The van der Waals surface area contributed by atoms with Crippen molar-refractivity contribution in [1.29, 1.82) is 0 Å². The highest BCUT2D eigenvalue weighted by molar-refractivity contribution is 5.90. The number of methoxy groups -OCH3 is 2. The highest BCUT2D eigenvalue weighted by Crippen LogP contribution is 2.35. The second-order valence-electron chi connectivity index (χ2n) is 3.27. The third-order valence-electron chi connectivity index (χ3n) is 2.03. The van der Waals surface area contributed by atoms with Gasteiger partial charge in [0.2, 0.25) is 5.88 Å². The molecule has 1 heterocycles. The molecule has 0 spiro atoms. The highest BCUT2D eigenvalue weighted by Gasteiger charge is 2.35. The van der Waals surface area contributed by atoms with Gasteiger partial charge in [-0.1, -0.05) is 0 Å². The average Bonchev–Trinajstić information content (AvgIpc) is 2.35. The number of esters is 1. The van der Waals surface area contributed by atoms with Gasteiger partial charge in [-0.15, -0.1) is 13.2 Å². The number of carbonyl (C=O) groups excluding carboxylic acids is 1. The molecule has 0 N–H and O–H groups in total. The summed E-state index contributed by atoms with van der Waals surface area (Å²) in [5.74, 6) is -3.05. The Morgan fingerprint density at radius 3 is 2.30 bits per heavy atom. The molecule has 1 aromatic heterocycles. The minimum absolute atomic E-state index is 0.457. The molecule has 0 bridgehead atoms. The summed E-state index contributed by atoms with van der Waals surface area (Å²) >= 11 is 0. The lowest BCUT2D eigenvalue weighted by Gasteiger charge is -2.14. The van der Waals surface area contributed by atoms with Crippen molar-refractivity contribution in [2.45, 2.75) is 12.8 Å². The van der Waals surface area contributed by atoms with Gasteiger partial charge < -0.3 is 14.2 Å². The number of hydrogen-bond donors (Lipinski definition) is 0. The molecule has 0 aliphatic carbocycles. The van der Waals surface area contributed by atoms with Gasteiger partial charge in [0.15, 0.2) is 11.4 Å². The lowest BCUT2D eigenvalue weighted by molar-refractivity contribution is -0.276. The van der Waals surface area contributed by atoms with Crippen LogP contribution in [0, 0.1) is 0 Å². The first-order chi connectivity index (χ1) is 9.19. The molecule has 0 atom stereocenters. The predicted octanol–water partition coefficient (Wildman–Crippen LogP) is 2.71. The molecular formula is C10H8F5NO4. The van der Waals surface area contributed by atoms with Crippen LogP contribution in [0.5, 0.6) is 11.6 Å². The molecule has 20 heavy (non-hydrogen) atoms. The van der Waals surface area contributed by atoms with Crippen LogP contribution < -0.4 is 9.47 Å². The summed E-state index contributed by atoms with van der Waals surface area (Å²) in [6.45, 7) is 0. The zero-order valence-electron chi connectivity index (χ0n) is 10.1. The van der Waals surface area contributed by atoms with Crippen molar-refractivity contribution in [2.24, 2.45) is 0 Å². The second kappa shape index (κ2) is 5.88. The fourth-order valence-corrected chi connectivity index (χ4v) is 1.24. The van der Waals surface area contributed by atoms with Gasteiger partial charge in [0.1, 0.15) is 0 Å². The van der Waals surface area contributed by atoms with Gasteiger partial charge in [-0.25, -0.2) is 18.6 Å². The number of halogens is 5. The van der Waals surface area contributed by atoms with E-state index in [0.717, 1.165) is 14.2 Å². The third kappa shape index (κ3) is 3.68. The van der Waals surface area contributed by atoms with Crippen molar-refractivity contribution < 1.29 is 41.0 Å². The molecule has 0 aliphatic rings. The molecular weight excluding hydrogens is 293 g/mol. The summed E-state index contributed by atoms with van der Waals surface area (Å²) in [6.07, 6.45) is -8.54. The monoisotopic (exact) mass is 301 g/mol. The van der Waals surface area contributed by atoms with Crippen LogP contribution in [0.2, 0.25) is 0 Å². The number of aromatic nitrogens is 1. The smallest absolute Gasteiger partial charge is 0.494 e. The molecule has 0 aliphatic heterocycles. The molecule has 5 nitrogen and oxygen atoms in total. The van der Waals surface area contributed by atoms with Crippen LogP contribution in [0.1, 0.15) is 22.5 Å². The van der Waals surface area contributed by atoms with E-state index in [1.807, 2.05) is 0 Å². The van der Waals surface area contributed by atoms with E-state index in [1.165, 1.54) is 0 Å². The lowest BCUT2D eigenvalue weighted by Crippen LogP contribution is -2.20. The number of alkyl halides is 5. The van der Waals surface area contributed by atoms with E-state index in [0.29, 0.717) is 6.07 Å². The van der Waals surface area contributed by atoms with Crippen LogP contribution in [0.15, 0.2) is 6.07 Å². The number of ether oxygens (including phenoxy) is 3. The van der Waals surface area contributed by atoms with E-state index in [9.17, 15) is 26.7 Å². The number of nitrogens with zero attached hydrogens (tertiary/aromatic N) is 1. The van der Waals surface area contributed by atoms with E-state index < -0.39 is 41.6 Å². The highest BCUT2D eigenvalue weighted by atomic mass is 19.4. The summed E-state index contributed by atoms with van der Waals surface area (Å²) < 4.78 is 74.0. The summed E-state index contributed by atoms with van der Waals surface area (Å²) in [6, 6.07) is 0.533. The third-order valence-corrected chi connectivity index (χ3v) is 2.03. The van der Waals surface area contributed by atoms with Crippen LogP contribution in [-0.4, -0.2) is 31.5 Å². The normalized spacial score (nSPS) is 11.4. The lowest BCUT2D eigenvalue weighted by atomic mass is 10.2. The average molecular weight is 301 g/mol. The number of hydrogen-bond acceptors (Lipinski definition) is 5. The summed E-state index contributed by atoms with van der Waals surface area (Å²) in [5, 5.41) is 0. The zero-order chi connectivity index (χ0) is 15.5. The quantitative estimate of drug-likeness (QED) is 0.632. The molecule has 0 unspecified atom stereocenters. The van der Waals surface area contributed by atoms with Crippen molar-refractivity contribution in [1.82, 2.24) is 4.98 Å². The van der Waals surface area contributed by atoms with Crippen molar-refractivity contribution in [2.75, 3.05) is 14.2 Å². The Hall–Kier alpha value is -2.13. The predicted molar refractivity (Wildman–Crippen MR) is 53.8 cm³/mol. The summed E-state index contributed by atoms with van der Waals surface area (Å²) in [7, 11) is 1.97. The van der Waals surface area contributed by atoms with Crippen molar-refractivity contribution in [3.8, 4) is 11.6 Å². The van der Waals surface area contributed by atoms with E-state index in [2.05, 4.69) is 19.2 Å². The molecule has 0 saturated heterocycles. The first-order valence-electron chi connectivity index (χ1n) is 4.90. The Bertz CT molecular complexity index is 503. The summed E-state index contributed by atoms with van der Waals surface area (Å²) in [5.41, 5.74) is -1.87. The Balaban J connectivity index is 3.42. The SMILES string of the molecule is COC(=O)c1nc(OC(F)(F)F)c(C(F)F)cc1OC. The number of carbonyl (C=O) groups is 1. The van der Waals surface area contributed by atoms with Gasteiger partial charge in [0.05, 0.1) is 19.8 Å². The van der Waals surface area contributed by atoms with Gasteiger partial charge in [0, 0.05) is 0 Å². The van der Waals surface area contributed by atoms with Gasteiger partial charge in [-0.05, 0) is 6.07 Å². The van der Waals surface area contributed by atoms with E-state index in [-0.39, 0.29) is 0 Å².